The molecule has 1 unspecified atom stereocenters. The Kier molecular flexibility index (Phi) is 5.65. The highest BCUT2D eigenvalue weighted by Crippen LogP contribution is 2.14. The largest absolute Gasteiger partial charge is 0.383 e. The van der Waals surface area contributed by atoms with E-state index in [0.29, 0.717) is 25.0 Å². The molecule has 1 atom stereocenters. The summed E-state index contributed by atoms with van der Waals surface area (Å²) in [5, 5.41) is 3.05. The number of alkyl halides is 1. The number of aryl methyl sites for hydroxylation is 1. The molecule has 1 N–H and O–H groups in total. The number of anilines is 1. The fraction of sp³-hybridized carbons (Fsp3) is 0.667. The van der Waals surface area contributed by atoms with Crippen molar-refractivity contribution < 1.29 is 4.74 Å². The summed E-state index contributed by atoms with van der Waals surface area (Å²) in [6.07, 6.45) is 0. The van der Waals surface area contributed by atoms with Gasteiger partial charge in [0.05, 0.1) is 12.0 Å². The van der Waals surface area contributed by atoms with Gasteiger partial charge >= 0.3 is 0 Å². The van der Waals surface area contributed by atoms with Crippen LogP contribution in [-0.2, 0) is 4.74 Å². The topological polar surface area (TPSA) is 47.0 Å². The van der Waals surface area contributed by atoms with Gasteiger partial charge in [0.15, 0.2) is 0 Å². The molecule has 0 aliphatic carbocycles. The summed E-state index contributed by atoms with van der Waals surface area (Å²) in [5.74, 6) is 1.03. The molecular formula is C12H20ClN3O. The fourth-order valence-electron chi connectivity index (χ4n) is 1.41. The highest BCUT2D eigenvalue weighted by molar-refractivity contribution is 6.21. The first-order valence-corrected chi connectivity index (χ1v) is 6.19. The highest BCUT2D eigenvalue weighted by Gasteiger charge is 2.08. The number of nitrogens with zero attached hydrogens (tertiary/aromatic N) is 2. The van der Waals surface area contributed by atoms with Crippen molar-refractivity contribution in [2.45, 2.75) is 32.1 Å². The van der Waals surface area contributed by atoms with Crippen molar-refractivity contribution in [3.05, 3.63) is 17.5 Å². The van der Waals surface area contributed by atoms with Gasteiger partial charge in [0.2, 0.25) is 5.95 Å². The van der Waals surface area contributed by atoms with Crippen LogP contribution in [0.15, 0.2) is 6.07 Å². The number of halogens is 1. The molecule has 0 aromatic carbocycles. The Bertz CT molecular complexity index is 358. The van der Waals surface area contributed by atoms with Gasteiger partial charge in [-0.1, -0.05) is 13.8 Å². The lowest BCUT2D eigenvalue weighted by Gasteiger charge is -2.12. The van der Waals surface area contributed by atoms with Crippen LogP contribution in [0.2, 0.25) is 0 Å². The molecule has 0 radical (unpaired) electrons. The van der Waals surface area contributed by atoms with Crippen LogP contribution in [0.5, 0.6) is 0 Å². The number of hydrogen-bond donors (Lipinski definition) is 1. The Morgan fingerprint density at radius 1 is 1.41 bits per heavy atom. The summed E-state index contributed by atoms with van der Waals surface area (Å²) in [5.41, 5.74) is 2.00. The summed E-state index contributed by atoms with van der Waals surface area (Å²) >= 11 is 6.03. The minimum absolute atomic E-state index is 0.0772. The van der Waals surface area contributed by atoms with E-state index in [-0.39, 0.29) is 5.38 Å². The van der Waals surface area contributed by atoms with E-state index in [0.717, 1.165) is 11.4 Å². The lowest BCUT2D eigenvalue weighted by molar-refractivity contribution is 0.200. The number of nitrogens with one attached hydrogen (secondary N) is 1. The predicted molar refractivity (Wildman–Crippen MR) is 70.9 cm³/mol. The molecule has 0 saturated heterocycles. The molecule has 17 heavy (non-hydrogen) atoms. The molecule has 96 valence electrons. The van der Waals surface area contributed by atoms with E-state index in [9.17, 15) is 0 Å². The number of rotatable bonds is 6. The second kappa shape index (κ2) is 6.77. The van der Waals surface area contributed by atoms with Crippen molar-refractivity contribution >= 4 is 17.5 Å². The lowest BCUT2D eigenvalue weighted by Crippen LogP contribution is -2.20. The maximum absolute atomic E-state index is 6.03. The van der Waals surface area contributed by atoms with Crippen molar-refractivity contribution in [2.75, 3.05) is 25.6 Å². The molecule has 0 bridgehead atoms. The third-order valence-electron chi connectivity index (χ3n) is 2.29. The van der Waals surface area contributed by atoms with Gasteiger partial charge in [-0.25, -0.2) is 9.97 Å². The van der Waals surface area contributed by atoms with Gasteiger partial charge in [-0.15, -0.1) is 11.6 Å². The molecule has 0 aliphatic heterocycles. The Hall–Kier alpha value is -0.870. The van der Waals surface area contributed by atoms with Crippen molar-refractivity contribution in [1.82, 2.24) is 9.97 Å². The minimum Gasteiger partial charge on any atom is -0.383 e. The van der Waals surface area contributed by atoms with Crippen LogP contribution in [0.1, 0.15) is 31.2 Å². The first-order chi connectivity index (χ1) is 8.02. The quantitative estimate of drug-likeness (QED) is 0.796. The summed E-state index contributed by atoms with van der Waals surface area (Å²) in [4.78, 5) is 8.77. The summed E-state index contributed by atoms with van der Waals surface area (Å²) in [7, 11) is 1.63. The summed E-state index contributed by atoms with van der Waals surface area (Å²) in [6.45, 7) is 7.29. The van der Waals surface area contributed by atoms with Crippen molar-refractivity contribution in [3.63, 3.8) is 0 Å². The van der Waals surface area contributed by atoms with Gasteiger partial charge in [0.1, 0.15) is 0 Å². The van der Waals surface area contributed by atoms with Gasteiger partial charge in [0, 0.05) is 25.0 Å². The first kappa shape index (κ1) is 14.2. The Labute approximate surface area is 108 Å². The summed E-state index contributed by atoms with van der Waals surface area (Å²) in [6, 6.07) is 2.00. The maximum Gasteiger partial charge on any atom is 0.223 e. The minimum atomic E-state index is -0.0772. The molecule has 0 saturated carbocycles. The van der Waals surface area contributed by atoms with Crippen LogP contribution < -0.4 is 5.32 Å². The zero-order valence-corrected chi connectivity index (χ0v) is 11.6. The van der Waals surface area contributed by atoms with E-state index in [1.54, 1.807) is 7.11 Å². The summed E-state index contributed by atoms with van der Waals surface area (Å²) < 4.78 is 4.96. The molecule has 1 aromatic rings. The zero-order chi connectivity index (χ0) is 12.8. The van der Waals surface area contributed by atoms with Crippen LogP contribution in [0.4, 0.5) is 5.95 Å². The van der Waals surface area contributed by atoms with Gasteiger partial charge < -0.3 is 10.1 Å². The average molecular weight is 258 g/mol. The van der Waals surface area contributed by atoms with E-state index in [2.05, 4.69) is 29.1 Å². The molecule has 5 heteroatoms. The van der Waals surface area contributed by atoms with E-state index in [1.165, 1.54) is 0 Å². The van der Waals surface area contributed by atoms with Crippen molar-refractivity contribution in [1.29, 1.82) is 0 Å². The SMILES string of the molecule is COCC(Cl)CNc1nc(C)cc(C(C)C)n1. The maximum atomic E-state index is 6.03. The van der Waals surface area contributed by atoms with E-state index in [4.69, 9.17) is 16.3 Å². The second-order valence-electron chi connectivity index (χ2n) is 4.35. The van der Waals surface area contributed by atoms with Crippen LogP contribution in [0.3, 0.4) is 0 Å². The fourth-order valence-corrected chi connectivity index (χ4v) is 1.61. The molecule has 1 rings (SSSR count). The normalized spacial score (nSPS) is 12.8. The number of methoxy groups -OCH3 is 1. The molecule has 0 fully saturated rings. The highest BCUT2D eigenvalue weighted by atomic mass is 35.5. The van der Waals surface area contributed by atoms with Crippen LogP contribution in [-0.4, -0.2) is 35.6 Å². The van der Waals surface area contributed by atoms with Crippen LogP contribution in [0, 0.1) is 6.92 Å². The van der Waals surface area contributed by atoms with Gasteiger partial charge in [-0.3, -0.25) is 0 Å². The number of aromatic nitrogens is 2. The Balaban J connectivity index is 2.64. The molecular weight excluding hydrogens is 238 g/mol. The third kappa shape index (κ3) is 4.88. The predicted octanol–water partition coefficient (Wildman–Crippen LogP) is 2.57. The number of hydrogen-bond acceptors (Lipinski definition) is 4. The standard InChI is InChI=1S/C12H20ClN3O/c1-8(2)11-5-9(3)15-12(16-11)14-6-10(13)7-17-4/h5,8,10H,6-7H2,1-4H3,(H,14,15,16). The van der Waals surface area contributed by atoms with E-state index in [1.807, 2.05) is 13.0 Å². The molecule has 0 aliphatic rings. The molecule has 1 aromatic heterocycles. The molecule has 0 amide bonds. The van der Waals surface area contributed by atoms with E-state index >= 15 is 0 Å². The molecule has 4 nitrogen and oxygen atoms in total. The van der Waals surface area contributed by atoms with Crippen molar-refractivity contribution in [3.8, 4) is 0 Å². The van der Waals surface area contributed by atoms with Crippen molar-refractivity contribution in [2.24, 2.45) is 0 Å². The molecule has 0 spiro atoms. The number of ether oxygens (including phenoxy) is 1. The third-order valence-corrected chi connectivity index (χ3v) is 2.58. The van der Waals surface area contributed by atoms with E-state index < -0.39 is 0 Å². The average Bonchev–Trinajstić information content (AvgIpc) is 2.26. The Morgan fingerprint density at radius 3 is 2.71 bits per heavy atom. The van der Waals surface area contributed by atoms with Gasteiger partial charge in [-0.05, 0) is 18.9 Å². The van der Waals surface area contributed by atoms with Crippen LogP contribution >= 0.6 is 11.6 Å². The molecule has 1 heterocycles. The monoisotopic (exact) mass is 257 g/mol. The van der Waals surface area contributed by atoms with Gasteiger partial charge in [-0.2, -0.15) is 0 Å². The zero-order valence-electron chi connectivity index (χ0n) is 10.8. The first-order valence-electron chi connectivity index (χ1n) is 5.75. The van der Waals surface area contributed by atoms with Crippen LogP contribution in [0.25, 0.3) is 0 Å². The second-order valence-corrected chi connectivity index (χ2v) is 4.96. The van der Waals surface area contributed by atoms with Gasteiger partial charge in [0.25, 0.3) is 0 Å². The Morgan fingerprint density at radius 2 is 2.12 bits per heavy atom. The lowest BCUT2D eigenvalue weighted by atomic mass is 10.1. The smallest absolute Gasteiger partial charge is 0.223 e.